The number of carboxylic acid groups (broad SMARTS) is 2. The van der Waals surface area contributed by atoms with E-state index in [4.69, 9.17) is 9.47 Å². The van der Waals surface area contributed by atoms with Crippen molar-refractivity contribution in [2.45, 2.75) is 231 Å². The summed E-state index contributed by atoms with van der Waals surface area (Å²) in [6.07, 6.45) is 23.2. The third-order valence-electron chi connectivity index (χ3n) is 27.1. The molecule has 0 radical (unpaired) electrons. The average molecular weight is 1020 g/mol. The highest BCUT2D eigenvalue weighted by Crippen LogP contribution is 2.77. The van der Waals surface area contributed by atoms with Crippen molar-refractivity contribution in [3.05, 3.63) is 23.3 Å². The second-order valence-corrected chi connectivity index (χ2v) is 31.1. The number of rotatable bonds is 2. The Labute approximate surface area is 441 Å². The van der Waals surface area contributed by atoms with Crippen LogP contribution in [0.1, 0.15) is 219 Å². The van der Waals surface area contributed by atoms with Gasteiger partial charge >= 0.3 is 11.9 Å². The predicted octanol–water partition coefficient (Wildman–Crippen LogP) is 13.7. The van der Waals surface area contributed by atoms with Crippen LogP contribution in [0.5, 0.6) is 0 Å². The van der Waals surface area contributed by atoms with Crippen molar-refractivity contribution in [1.29, 1.82) is 0 Å². The Morgan fingerprint density at radius 1 is 0.493 bits per heavy atom. The maximum absolute atomic E-state index is 14.2. The summed E-state index contributed by atoms with van der Waals surface area (Å²) in [6.45, 7) is 35.8. The quantitative estimate of drug-likeness (QED) is 0.198. The lowest BCUT2D eigenvalue weighted by Crippen LogP contribution is -2.66. The van der Waals surface area contributed by atoms with E-state index >= 15 is 0 Å². The van der Waals surface area contributed by atoms with Crippen molar-refractivity contribution in [2.75, 3.05) is 26.4 Å². The molecule has 9 nitrogen and oxygen atoms in total. The molecule has 1 saturated heterocycles. The maximum atomic E-state index is 14.2. The first-order chi connectivity index (χ1) is 33.7. The summed E-state index contributed by atoms with van der Waals surface area (Å²) in [4.78, 5) is 38.7. The normalized spacial score (nSPS) is 52.2. The number of ether oxygens (including phenoxy) is 2. The summed E-state index contributed by atoms with van der Waals surface area (Å²) in [5, 5.41) is 41.9. The highest BCUT2D eigenvalue weighted by molar-refractivity contribution is 5.95. The number of aliphatic carboxylic acids is 2. The molecule has 18 atom stereocenters. The van der Waals surface area contributed by atoms with Crippen LogP contribution in [0.2, 0.25) is 0 Å². The standard InChI is InChI=1S/C30H46O4.C30H48O3.C4H8O2/c1-25(2)21-8-11-30(7)23(28(21,5)10-9-22(25)32)20(31)16-18-19-17-27(4,24(33)34)13-12-26(19,3)14-15-29(18,30)6;1-25(2)21-10-13-30(7)22(28(21,5)12-11-23(25)31)9-8-19-20-18-27(4,24(32)33)15-14-26(20,3)16-17-29(19,30)6;1-2-6-4-3-5-1/h16,19,21-23,32H,8-15,17H2,1-7H3,(H,33,34);8,20-23,31H,9-18H2,1-7H3,(H,32,33);1-4H2/t19-,21?,22-,23?,26+,27-,28-,29+,30+;20-,21?,22?,23-,26+,27-,28-,29+,30+;/m00./s1. The summed E-state index contributed by atoms with van der Waals surface area (Å²) in [5.74, 6) is 1.07. The van der Waals surface area contributed by atoms with E-state index in [0.717, 1.165) is 116 Å². The van der Waals surface area contributed by atoms with E-state index in [1.54, 1.807) is 5.57 Å². The Hall–Kier alpha value is -2.07. The van der Waals surface area contributed by atoms with Crippen molar-refractivity contribution in [1.82, 2.24) is 0 Å². The van der Waals surface area contributed by atoms with Crippen LogP contribution in [0.3, 0.4) is 0 Å². The van der Waals surface area contributed by atoms with E-state index in [-0.39, 0.29) is 84.0 Å². The molecular formula is C64H102O9. The Kier molecular flexibility index (Phi) is 13.7. The minimum absolute atomic E-state index is 0.0168. The molecule has 9 fully saturated rings. The van der Waals surface area contributed by atoms with Gasteiger partial charge in [0, 0.05) is 5.92 Å². The monoisotopic (exact) mass is 1010 g/mol. The summed E-state index contributed by atoms with van der Waals surface area (Å²) < 4.78 is 9.89. The second kappa shape index (κ2) is 18.0. The van der Waals surface area contributed by atoms with Gasteiger partial charge in [0.2, 0.25) is 0 Å². The van der Waals surface area contributed by atoms with Crippen molar-refractivity contribution in [3.8, 4) is 0 Å². The van der Waals surface area contributed by atoms with Gasteiger partial charge in [0.05, 0.1) is 49.5 Å². The van der Waals surface area contributed by atoms with Crippen molar-refractivity contribution in [3.63, 3.8) is 0 Å². The largest absolute Gasteiger partial charge is 0.481 e. The Balaban J connectivity index is 0.000000161. The van der Waals surface area contributed by atoms with E-state index in [2.05, 4.69) is 89.2 Å². The number of carbonyl (C=O) groups excluding carboxylic acids is 1. The number of allylic oxidation sites excluding steroid dienone is 4. The first-order valence-electron chi connectivity index (χ1n) is 29.6. The summed E-state index contributed by atoms with van der Waals surface area (Å²) in [7, 11) is 0. The van der Waals surface area contributed by atoms with Crippen LogP contribution in [0.15, 0.2) is 23.3 Å². The molecule has 10 aliphatic carbocycles. The Morgan fingerprint density at radius 2 is 0.904 bits per heavy atom. The van der Waals surface area contributed by atoms with E-state index in [0.29, 0.717) is 30.1 Å². The molecule has 1 aliphatic heterocycles. The molecule has 8 saturated carbocycles. The zero-order chi connectivity index (χ0) is 53.6. The van der Waals surface area contributed by atoms with Crippen LogP contribution >= 0.6 is 0 Å². The smallest absolute Gasteiger partial charge is 0.309 e. The number of ketones is 1. The molecule has 1 heterocycles. The summed E-state index contributed by atoms with van der Waals surface area (Å²) in [5.41, 5.74) is 2.09. The number of hydrogen-bond donors (Lipinski definition) is 4. The van der Waals surface area contributed by atoms with Crippen LogP contribution < -0.4 is 0 Å². The fourth-order valence-corrected chi connectivity index (χ4v) is 21.3. The molecule has 0 aromatic carbocycles. The molecule has 9 heteroatoms. The lowest BCUT2D eigenvalue weighted by molar-refractivity contribution is -0.203. The van der Waals surface area contributed by atoms with Gasteiger partial charge in [0.25, 0.3) is 0 Å². The fourth-order valence-electron chi connectivity index (χ4n) is 21.3. The van der Waals surface area contributed by atoms with Gasteiger partial charge in [-0.25, -0.2) is 0 Å². The molecule has 11 rings (SSSR count). The predicted molar refractivity (Wildman–Crippen MR) is 287 cm³/mol. The van der Waals surface area contributed by atoms with E-state index in [9.17, 15) is 34.8 Å². The van der Waals surface area contributed by atoms with Gasteiger partial charge in [-0.15, -0.1) is 0 Å². The SMILES string of the molecule is C1COCCO1.CC1(C)C2CC[C@]3(C)C(C(=O)C=C4[C@@H]5C[C@@](C)(C(=O)O)CC[C@]5(C)CC[C@]43C)[C@@]2(C)CC[C@@H]1O.CC1(C)C2CC[C@]3(C)C(CC=C4[C@@H]5C[C@@](C)(C(=O)O)CC[C@]5(C)CC[C@]43C)[C@@]2(C)CC[C@@H]1O. The number of hydrogen-bond acceptors (Lipinski definition) is 7. The third-order valence-corrected chi connectivity index (χ3v) is 27.1. The maximum Gasteiger partial charge on any atom is 0.309 e. The minimum Gasteiger partial charge on any atom is -0.481 e. The lowest BCUT2D eigenvalue weighted by Gasteiger charge is -2.71. The first-order valence-corrected chi connectivity index (χ1v) is 29.6. The van der Waals surface area contributed by atoms with Crippen LogP contribution in [0, 0.1) is 100 Å². The van der Waals surface area contributed by atoms with E-state index in [1.165, 1.54) is 31.3 Å². The van der Waals surface area contributed by atoms with Crippen LogP contribution in [0.4, 0.5) is 0 Å². The van der Waals surface area contributed by atoms with Crippen molar-refractivity contribution < 1.29 is 44.3 Å². The van der Waals surface area contributed by atoms with Gasteiger partial charge in [-0.05, 0) is 226 Å². The van der Waals surface area contributed by atoms with E-state index in [1.807, 2.05) is 19.9 Å². The molecule has 0 aromatic heterocycles. The zero-order valence-electron chi connectivity index (χ0n) is 48.4. The number of fused-ring (bicyclic) bond motifs is 14. The second-order valence-electron chi connectivity index (χ2n) is 31.1. The molecule has 0 bridgehead atoms. The van der Waals surface area contributed by atoms with Crippen LogP contribution in [-0.2, 0) is 23.9 Å². The average Bonchev–Trinajstić information content (AvgIpc) is 3.32. The molecule has 4 N–H and O–H groups in total. The van der Waals surface area contributed by atoms with Gasteiger partial charge in [-0.1, -0.05) is 100 Å². The van der Waals surface area contributed by atoms with Crippen molar-refractivity contribution >= 4 is 17.7 Å². The molecule has 412 valence electrons. The molecular weight excluding hydrogens is 913 g/mol. The van der Waals surface area contributed by atoms with Crippen LogP contribution in [0.25, 0.3) is 0 Å². The molecule has 0 aromatic rings. The highest BCUT2D eigenvalue weighted by Gasteiger charge is 2.71. The first kappa shape index (κ1) is 55.7. The topological polar surface area (TPSA) is 151 Å². The van der Waals surface area contributed by atoms with Gasteiger partial charge in [-0.2, -0.15) is 0 Å². The Morgan fingerprint density at radius 3 is 1.37 bits per heavy atom. The number of carbonyl (C=O) groups is 3. The molecule has 0 spiro atoms. The summed E-state index contributed by atoms with van der Waals surface area (Å²) in [6, 6.07) is 0. The third kappa shape index (κ3) is 7.99. The summed E-state index contributed by atoms with van der Waals surface area (Å²) >= 11 is 0. The highest BCUT2D eigenvalue weighted by atomic mass is 16.6. The van der Waals surface area contributed by atoms with E-state index < -0.39 is 22.8 Å². The number of aliphatic hydroxyl groups excluding tert-OH is 2. The Bertz CT molecular complexity index is 2250. The van der Waals surface area contributed by atoms with Crippen molar-refractivity contribution in [2.24, 2.45) is 100 Å². The minimum atomic E-state index is -0.711. The van der Waals surface area contributed by atoms with Gasteiger partial charge in [0.15, 0.2) is 5.78 Å². The van der Waals surface area contributed by atoms with Crippen LogP contribution in [-0.4, -0.2) is 76.8 Å². The number of carboxylic acids is 2. The molecule has 0 amide bonds. The van der Waals surface area contributed by atoms with Gasteiger partial charge < -0.3 is 29.9 Å². The lowest BCUT2D eigenvalue weighted by atomic mass is 9.33. The molecule has 11 aliphatic rings. The zero-order valence-corrected chi connectivity index (χ0v) is 48.4. The number of aliphatic hydroxyl groups is 2. The fraction of sp³-hybridized carbons (Fsp3) is 0.891. The van der Waals surface area contributed by atoms with Gasteiger partial charge in [0.1, 0.15) is 0 Å². The molecule has 4 unspecified atom stereocenters. The van der Waals surface area contributed by atoms with Gasteiger partial charge in [-0.3, -0.25) is 14.4 Å². The molecule has 73 heavy (non-hydrogen) atoms.